The molecule has 1 aromatic rings. The minimum absolute atomic E-state index is 0.00781. The quantitative estimate of drug-likeness (QED) is 0.410. The van der Waals surface area contributed by atoms with Crippen LogP contribution in [0.1, 0.15) is 81.8 Å². The topological polar surface area (TPSA) is 66.5 Å². The van der Waals surface area contributed by atoms with E-state index in [0.717, 1.165) is 55.3 Å². The molecule has 1 saturated heterocycles. The van der Waals surface area contributed by atoms with E-state index in [0.29, 0.717) is 25.8 Å². The molecule has 0 aliphatic carbocycles. The van der Waals surface area contributed by atoms with Crippen molar-refractivity contribution in [2.45, 2.75) is 84.5 Å². The standard InChI is InChI=1S/C23H34N2O3/c1-18-15-19(2)17-20(16-18)24-21(26)11-9-7-5-3-4-6-8-10-14-25-22(27)12-13-23(25)28/h15-17H,3-14H2,1-2H3,(H,24,26). The van der Waals surface area contributed by atoms with Crippen molar-refractivity contribution in [2.24, 2.45) is 0 Å². The van der Waals surface area contributed by atoms with Gasteiger partial charge in [-0.1, -0.05) is 44.6 Å². The Morgan fingerprint density at radius 3 is 1.89 bits per heavy atom. The molecule has 3 amide bonds. The highest BCUT2D eigenvalue weighted by Crippen LogP contribution is 2.16. The fourth-order valence-corrected chi connectivity index (χ4v) is 3.76. The van der Waals surface area contributed by atoms with Gasteiger partial charge < -0.3 is 5.32 Å². The molecule has 0 spiro atoms. The molecule has 0 aromatic heterocycles. The number of carbonyl (C=O) groups is 3. The Morgan fingerprint density at radius 2 is 1.32 bits per heavy atom. The van der Waals surface area contributed by atoms with Gasteiger partial charge in [0.15, 0.2) is 0 Å². The van der Waals surface area contributed by atoms with Crippen LogP contribution in [-0.2, 0) is 14.4 Å². The number of carbonyl (C=O) groups excluding carboxylic acids is 3. The summed E-state index contributed by atoms with van der Waals surface area (Å²) in [5, 5.41) is 2.99. The molecule has 5 heteroatoms. The fourth-order valence-electron chi connectivity index (χ4n) is 3.76. The van der Waals surface area contributed by atoms with Crippen LogP contribution < -0.4 is 5.32 Å². The molecule has 1 aliphatic heterocycles. The zero-order valence-electron chi connectivity index (χ0n) is 17.4. The van der Waals surface area contributed by atoms with Crippen LogP contribution in [-0.4, -0.2) is 29.2 Å². The minimum Gasteiger partial charge on any atom is -0.326 e. The van der Waals surface area contributed by atoms with Gasteiger partial charge in [0.05, 0.1) is 0 Å². The Morgan fingerprint density at radius 1 is 0.821 bits per heavy atom. The fraction of sp³-hybridized carbons (Fsp3) is 0.609. The van der Waals surface area contributed by atoms with Crippen LogP contribution in [0, 0.1) is 13.8 Å². The third kappa shape index (κ3) is 7.83. The number of nitrogens with one attached hydrogen (secondary N) is 1. The van der Waals surface area contributed by atoms with E-state index >= 15 is 0 Å². The molecule has 0 bridgehead atoms. The molecule has 0 unspecified atom stereocenters. The molecule has 154 valence electrons. The second-order valence-electron chi connectivity index (χ2n) is 7.94. The maximum atomic E-state index is 12.0. The first-order valence-electron chi connectivity index (χ1n) is 10.7. The highest BCUT2D eigenvalue weighted by molar-refractivity contribution is 6.01. The van der Waals surface area contributed by atoms with E-state index < -0.39 is 0 Å². The van der Waals surface area contributed by atoms with Crippen molar-refractivity contribution < 1.29 is 14.4 Å². The lowest BCUT2D eigenvalue weighted by Crippen LogP contribution is -2.29. The van der Waals surface area contributed by atoms with Gasteiger partial charge in [-0.25, -0.2) is 0 Å². The van der Waals surface area contributed by atoms with Gasteiger partial charge in [-0.05, 0) is 49.9 Å². The summed E-state index contributed by atoms with van der Waals surface area (Å²) >= 11 is 0. The van der Waals surface area contributed by atoms with Gasteiger partial charge in [0.1, 0.15) is 0 Å². The van der Waals surface area contributed by atoms with E-state index in [1.807, 2.05) is 26.0 Å². The van der Waals surface area contributed by atoms with Gasteiger partial charge in [-0.2, -0.15) is 0 Å². The first kappa shape index (κ1) is 22.1. The predicted molar refractivity (Wildman–Crippen MR) is 112 cm³/mol. The first-order chi connectivity index (χ1) is 13.5. The number of rotatable bonds is 12. The average Bonchev–Trinajstić information content (AvgIpc) is 2.94. The second-order valence-corrected chi connectivity index (χ2v) is 7.94. The predicted octanol–water partition coefficient (Wildman–Crippen LogP) is 4.90. The summed E-state index contributed by atoms with van der Waals surface area (Å²) in [5.74, 6) is 0.0779. The van der Waals surface area contributed by atoms with Gasteiger partial charge in [0.25, 0.3) is 0 Å². The van der Waals surface area contributed by atoms with Gasteiger partial charge in [-0.15, -0.1) is 0 Å². The maximum Gasteiger partial charge on any atom is 0.229 e. The zero-order chi connectivity index (χ0) is 20.4. The summed E-state index contributed by atoms with van der Waals surface area (Å²) in [7, 11) is 0. The number of hydrogen-bond donors (Lipinski definition) is 1. The van der Waals surface area contributed by atoms with Crippen molar-refractivity contribution in [3.63, 3.8) is 0 Å². The third-order valence-electron chi connectivity index (χ3n) is 5.20. The summed E-state index contributed by atoms with van der Waals surface area (Å²) in [5.41, 5.74) is 3.21. The van der Waals surface area contributed by atoms with E-state index in [1.165, 1.54) is 17.7 Å². The number of unbranched alkanes of at least 4 members (excludes halogenated alkanes) is 7. The number of nitrogens with zero attached hydrogens (tertiary/aromatic N) is 1. The first-order valence-corrected chi connectivity index (χ1v) is 10.7. The highest BCUT2D eigenvalue weighted by Gasteiger charge is 2.27. The molecule has 2 rings (SSSR count). The van der Waals surface area contributed by atoms with Crippen LogP contribution in [0.2, 0.25) is 0 Å². The van der Waals surface area contributed by atoms with Crippen LogP contribution in [0.5, 0.6) is 0 Å². The summed E-state index contributed by atoms with van der Waals surface area (Å²) in [4.78, 5) is 36.5. The maximum absolute atomic E-state index is 12.0. The number of likely N-dealkylation sites (tertiary alicyclic amines) is 1. The van der Waals surface area contributed by atoms with Gasteiger partial charge in [0.2, 0.25) is 17.7 Å². The number of hydrogen-bond acceptors (Lipinski definition) is 3. The molecule has 1 aliphatic rings. The van der Waals surface area contributed by atoms with Crippen LogP contribution >= 0.6 is 0 Å². The molecule has 28 heavy (non-hydrogen) atoms. The van der Waals surface area contributed by atoms with E-state index in [1.54, 1.807) is 0 Å². The van der Waals surface area contributed by atoms with E-state index in [2.05, 4.69) is 11.4 Å². The third-order valence-corrected chi connectivity index (χ3v) is 5.20. The smallest absolute Gasteiger partial charge is 0.229 e. The van der Waals surface area contributed by atoms with Crippen molar-refractivity contribution in [1.82, 2.24) is 4.90 Å². The van der Waals surface area contributed by atoms with E-state index in [-0.39, 0.29) is 17.7 Å². The molecule has 0 atom stereocenters. The van der Waals surface area contributed by atoms with Crippen LogP contribution in [0.4, 0.5) is 5.69 Å². The van der Waals surface area contributed by atoms with Crippen LogP contribution in [0.15, 0.2) is 18.2 Å². The minimum atomic E-state index is -0.00781. The van der Waals surface area contributed by atoms with Crippen molar-refractivity contribution in [3.8, 4) is 0 Å². The number of amides is 3. The zero-order valence-corrected chi connectivity index (χ0v) is 17.4. The summed E-state index contributed by atoms with van der Waals surface area (Å²) < 4.78 is 0. The van der Waals surface area contributed by atoms with Gasteiger partial charge >= 0.3 is 0 Å². The van der Waals surface area contributed by atoms with E-state index in [4.69, 9.17) is 0 Å². The number of aryl methyl sites for hydroxylation is 2. The average molecular weight is 387 g/mol. The largest absolute Gasteiger partial charge is 0.326 e. The molecular weight excluding hydrogens is 352 g/mol. The van der Waals surface area contributed by atoms with Crippen molar-refractivity contribution in [1.29, 1.82) is 0 Å². The molecular formula is C23H34N2O3. The van der Waals surface area contributed by atoms with Gasteiger partial charge in [-0.3, -0.25) is 19.3 Å². The van der Waals surface area contributed by atoms with Crippen LogP contribution in [0.25, 0.3) is 0 Å². The second kappa shape index (κ2) is 11.6. The van der Waals surface area contributed by atoms with Crippen LogP contribution in [0.3, 0.4) is 0 Å². The number of imide groups is 1. The Hall–Kier alpha value is -2.17. The molecule has 0 radical (unpaired) electrons. The summed E-state index contributed by atoms with van der Waals surface area (Å²) in [6.07, 6.45) is 9.99. The monoisotopic (exact) mass is 386 g/mol. The molecule has 5 nitrogen and oxygen atoms in total. The Bertz CT molecular complexity index is 648. The normalized spacial score (nSPS) is 14.0. The SMILES string of the molecule is Cc1cc(C)cc(NC(=O)CCCCCCCCCCN2C(=O)CCC2=O)c1. The molecule has 1 N–H and O–H groups in total. The molecule has 1 fully saturated rings. The molecule has 1 aromatic carbocycles. The lowest BCUT2D eigenvalue weighted by atomic mass is 10.1. The number of anilines is 1. The Kier molecular flexibility index (Phi) is 9.18. The van der Waals surface area contributed by atoms with Crippen molar-refractivity contribution in [3.05, 3.63) is 29.3 Å². The molecule has 1 heterocycles. The lowest BCUT2D eigenvalue weighted by molar-refractivity contribution is -0.138. The lowest BCUT2D eigenvalue weighted by Gasteiger charge is -2.13. The summed E-state index contributed by atoms with van der Waals surface area (Å²) in [6, 6.07) is 6.10. The highest BCUT2D eigenvalue weighted by atomic mass is 16.2. The van der Waals surface area contributed by atoms with Crippen molar-refractivity contribution in [2.75, 3.05) is 11.9 Å². The van der Waals surface area contributed by atoms with Gasteiger partial charge in [0, 0.05) is 31.5 Å². The molecule has 0 saturated carbocycles. The van der Waals surface area contributed by atoms with E-state index in [9.17, 15) is 14.4 Å². The Balaban J connectivity index is 1.43. The van der Waals surface area contributed by atoms with Crippen molar-refractivity contribution >= 4 is 23.4 Å². The summed E-state index contributed by atoms with van der Waals surface area (Å²) in [6.45, 7) is 4.66. The number of benzene rings is 1. The Labute approximate surface area is 168 Å².